The van der Waals surface area contributed by atoms with Gasteiger partial charge in [0.15, 0.2) is 0 Å². The molecule has 0 unspecified atom stereocenters. The van der Waals surface area contributed by atoms with E-state index in [-0.39, 0.29) is 5.91 Å². The van der Waals surface area contributed by atoms with E-state index >= 15 is 0 Å². The SMILES string of the molecule is CCc1nc(Nc2cc(C(=O)Nc3ccccc3)ccn2)nc(N2CCN(c3cccnc3)CC2)n1. The van der Waals surface area contributed by atoms with Crippen LogP contribution in [0.4, 0.5) is 29.1 Å². The second-order valence-electron chi connectivity index (χ2n) is 8.29. The van der Waals surface area contributed by atoms with E-state index in [1.165, 1.54) is 0 Å². The van der Waals surface area contributed by atoms with Crippen molar-refractivity contribution in [3.63, 3.8) is 0 Å². The summed E-state index contributed by atoms with van der Waals surface area (Å²) in [6, 6.07) is 16.7. The average molecular weight is 482 g/mol. The summed E-state index contributed by atoms with van der Waals surface area (Å²) >= 11 is 0. The van der Waals surface area contributed by atoms with Crippen LogP contribution in [0.2, 0.25) is 0 Å². The molecule has 0 bridgehead atoms. The Kier molecular flexibility index (Phi) is 6.93. The maximum absolute atomic E-state index is 12.7. The highest BCUT2D eigenvalue weighted by Crippen LogP contribution is 2.20. The minimum absolute atomic E-state index is 0.219. The van der Waals surface area contributed by atoms with E-state index in [4.69, 9.17) is 0 Å². The Morgan fingerprint density at radius 1 is 0.917 bits per heavy atom. The van der Waals surface area contributed by atoms with Gasteiger partial charge in [-0.25, -0.2) is 4.98 Å². The quantitative estimate of drug-likeness (QED) is 0.409. The molecule has 0 spiro atoms. The summed E-state index contributed by atoms with van der Waals surface area (Å²) in [5.74, 6) is 1.99. The second kappa shape index (κ2) is 10.8. The molecule has 1 aromatic carbocycles. The van der Waals surface area contributed by atoms with Crippen molar-refractivity contribution in [1.29, 1.82) is 0 Å². The standard InChI is InChI=1S/C26H27N9O/c1-2-22-30-25(31-23-17-19(10-12-28-23)24(36)29-20-7-4-3-5-8-20)33-26(32-22)35-15-13-34(14-16-35)21-9-6-11-27-18-21/h3-12,17-18H,2,13-16H2,1H3,(H,29,36)(H,28,30,31,32,33). The highest BCUT2D eigenvalue weighted by atomic mass is 16.1. The number of nitrogens with zero attached hydrogens (tertiary/aromatic N) is 7. The Morgan fingerprint density at radius 2 is 1.72 bits per heavy atom. The minimum atomic E-state index is -0.219. The van der Waals surface area contributed by atoms with Crippen LogP contribution in [-0.4, -0.2) is 57.0 Å². The molecule has 0 aliphatic carbocycles. The molecule has 1 amide bonds. The molecular formula is C26H27N9O. The lowest BCUT2D eigenvalue weighted by Gasteiger charge is -2.36. The summed E-state index contributed by atoms with van der Waals surface area (Å²) in [6.45, 7) is 5.28. The molecule has 10 nitrogen and oxygen atoms in total. The Balaban J connectivity index is 1.29. The number of piperazine rings is 1. The lowest BCUT2D eigenvalue weighted by atomic mass is 10.2. The fourth-order valence-electron chi connectivity index (χ4n) is 3.95. The van der Waals surface area contributed by atoms with Gasteiger partial charge in [-0.3, -0.25) is 9.78 Å². The fourth-order valence-corrected chi connectivity index (χ4v) is 3.95. The molecule has 0 radical (unpaired) electrons. The molecule has 10 heteroatoms. The molecule has 5 rings (SSSR count). The molecule has 0 saturated carbocycles. The number of carbonyl (C=O) groups excluding carboxylic acids is 1. The Hall–Kier alpha value is -4.60. The van der Waals surface area contributed by atoms with Crippen molar-refractivity contribution < 1.29 is 4.79 Å². The molecular weight excluding hydrogens is 454 g/mol. The van der Waals surface area contributed by atoms with E-state index in [0.717, 1.165) is 37.6 Å². The Labute approximate surface area is 209 Å². The molecule has 1 aliphatic rings. The third-order valence-electron chi connectivity index (χ3n) is 5.85. The molecule has 2 N–H and O–H groups in total. The van der Waals surface area contributed by atoms with Crippen molar-refractivity contribution in [2.45, 2.75) is 13.3 Å². The van der Waals surface area contributed by atoms with Crippen molar-refractivity contribution in [2.24, 2.45) is 0 Å². The summed E-state index contributed by atoms with van der Waals surface area (Å²) in [5, 5.41) is 6.04. The number of para-hydroxylation sites is 1. The maximum atomic E-state index is 12.7. The van der Waals surface area contributed by atoms with Crippen molar-refractivity contribution >= 4 is 35.0 Å². The van der Waals surface area contributed by atoms with Crippen LogP contribution in [0.25, 0.3) is 0 Å². The Bertz CT molecular complexity index is 1310. The molecule has 1 aliphatic heterocycles. The largest absolute Gasteiger partial charge is 0.367 e. The van der Waals surface area contributed by atoms with Gasteiger partial charge in [-0.2, -0.15) is 15.0 Å². The highest BCUT2D eigenvalue weighted by Gasteiger charge is 2.21. The number of carbonyl (C=O) groups is 1. The minimum Gasteiger partial charge on any atom is -0.367 e. The van der Waals surface area contributed by atoms with Crippen LogP contribution in [0.3, 0.4) is 0 Å². The highest BCUT2D eigenvalue weighted by molar-refractivity contribution is 6.04. The van der Waals surface area contributed by atoms with Gasteiger partial charge in [0.1, 0.15) is 11.6 Å². The van der Waals surface area contributed by atoms with Gasteiger partial charge in [0.05, 0.1) is 11.9 Å². The second-order valence-corrected chi connectivity index (χ2v) is 8.29. The molecule has 36 heavy (non-hydrogen) atoms. The normalized spacial score (nSPS) is 13.4. The van der Waals surface area contributed by atoms with Gasteiger partial charge >= 0.3 is 0 Å². The van der Waals surface area contributed by atoms with Crippen molar-refractivity contribution in [3.05, 3.63) is 84.6 Å². The number of aromatic nitrogens is 5. The summed E-state index contributed by atoms with van der Waals surface area (Å²) in [6.07, 6.45) is 5.93. The first-order valence-electron chi connectivity index (χ1n) is 11.9. The number of aryl methyl sites for hydroxylation is 1. The Morgan fingerprint density at radius 3 is 2.47 bits per heavy atom. The van der Waals surface area contributed by atoms with Gasteiger partial charge in [-0.05, 0) is 36.4 Å². The third-order valence-corrected chi connectivity index (χ3v) is 5.85. The van der Waals surface area contributed by atoms with Crippen LogP contribution in [0, 0.1) is 0 Å². The number of benzene rings is 1. The van der Waals surface area contributed by atoms with Crippen molar-refractivity contribution in [3.8, 4) is 0 Å². The third kappa shape index (κ3) is 5.54. The van der Waals surface area contributed by atoms with Gasteiger partial charge in [0, 0.05) is 56.2 Å². The van der Waals surface area contributed by atoms with Gasteiger partial charge in [0.25, 0.3) is 5.91 Å². The lowest BCUT2D eigenvalue weighted by molar-refractivity contribution is 0.102. The van der Waals surface area contributed by atoms with Crippen LogP contribution >= 0.6 is 0 Å². The van der Waals surface area contributed by atoms with E-state index in [1.807, 2.05) is 49.5 Å². The number of hydrogen-bond donors (Lipinski definition) is 2. The van der Waals surface area contributed by atoms with Crippen LogP contribution in [-0.2, 0) is 6.42 Å². The van der Waals surface area contributed by atoms with E-state index in [0.29, 0.717) is 35.5 Å². The molecule has 4 heterocycles. The van der Waals surface area contributed by atoms with E-state index in [9.17, 15) is 4.79 Å². The molecule has 1 saturated heterocycles. The number of pyridine rings is 2. The maximum Gasteiger partial charge on any atom is 0.255 e. The van der Waals surface area contributed by atoms with E-state index in [2.05, 4.69) is 51.4 Å². The van der Waals surface area contributed by atoms with E-state index in [1.54, 1.807) is 24.5 Å². The average Bonchev–Trinajstić information content (AvgIpc) is 2.94. The van der Waals surface area contributed by atoms with Gasteiger partial charge < -0.3 is 20.4 Å². The zero-order chi connectivity index (χ0) is 24.7. The summed E-state index contributed by atoms with van der Waals surface area (Å²) in [7, 11) is 0. The van der Waals surface area contributed by atoms with Crippen LogP contribution in [0.15, 0.2) is 73.2 Å². The first kappa shape index (κ1) is 23.2. The van der Waals surface area contributed by atoms with Gasteiger partial charge in [-0.15, -0.1) is 0 Å². The van der Waals surface area contributed by atoms with E-state index < -0.39 is 0 Å². The van der Waals surface area contributed by atoms with Gasteiger partial charge in [0.2, 0.25) is 11.9 Å². The number of nitrogens with one attached hydrogen (secondary N) is 2. The molecule has 0 atom stereocenters. The van der Waals surface area contributed by atoms with Crippen molar-refractivity contribution in [1.82, 2.24) is 24.9 Å². The zero-order valence-electron chi connectivity index (χ0n) is 20.0. The molecule has 182 valence electrons. The topological polar surface area (TPSA) is 112 Å². The van der Waals surface area contributed by atoms with Crippen LogP contribution in [0.5, 0.6) is 0 Å². The summed E-state index contributed by atoms with van der Waals surface area (Å²) in [4.78, 5) is 39.6. The first-order chi connectivity index (χ1) is 17.7. The van der Waals surface area contributed by atoms with Crippen LogP contribution in [0.1, 0.15) is 23.1 Å². The van der Waals surface area contributed by atoms with Crippen LogP contribution < -0.4 is 20.4 Å². The molecule has 4 aromatic rings. The molecule has 1 fully saturated rings. The van der Waals surface area contributed by atoms with Gasteiger partial charge in [-0.1, -0.05) is 25.1 Å². The number of rotatable bonds is 7. The number of amides is 1. The van der Waals surface area contributed by atoms with Crippen molar-refractivity contribution in [2.75, 3.05) is 46.6 Å². The zero-order valence-corrected chi connectivity index (χ0v) is 20.0. The predicted octanol–water partition coefficient (Wildman–Crippen LogP) is 3.55. The summed E-state index contributed by atoms with van der Waals surface area (Å²) in [5.41, 5.74) is 2.33. The summed E-state index contributed by atoms with van der Waals surface area (Å²) < 4.78 is 0. The fraction of sp³-hybridized carbons (Fsp3) is 0.231. The predicted molar refractivity (Wildman–Crippen MR) is 140 cm³/mol. The number of hydrogen-bond acceptors (Lipinski definition) is 9. The first-order valence-corrected chi connectivity index (χ1v) is 11.9. The smallest absolute Gasteiger partial charge is 0.255 e. The monoisotopic (exact) mass is 481 g/mol. The number of anilines is 5. The lowest BCUT2D eigenvalue weighted by Crippen LogP contribution is -2.47. The molecule has 3 aromatic heterocycles.